The van der Waals surface area contributed by atoms with E-state index in [9.17, 15) is 9.59 Å². The molecule has 1 unspecified atom stereocenters. The number of methoxy groups -OCH3 is 1. The molecule has 0 spiro atoms. The van der Waals surface area contributed by atoms with Gasteiger partial charge in [0.25, 0.3) is 0 Å². The Balaban J connectivity index is 1.19. The maximum atomic E-state index is 14.3. The van der Waals surface area contributed by atoms with E-state index in [0.717, 1.165) is 37.7 Å². The molecule has 0 saturated heterocycles. The number of hydrogen-bond acceptors (Lipinski definition) is 4. The number of carbonyl (C=O) groups excluding carboxylic acids is 2. The van der Waals surface area contributed by atoms with Crippen molar-refractivity contribution in [2.75, 3.05) is 7.11 Å². The number of rotatable bonds is 6. The molecule has 4 nitrogen and oxygen atoms in total. The van der Waals surface area contributed by atoms with Crippen LogP contribution in [0.4, 0.5) is 0 Å². The van der Waals surface area contributed by atoms with Crippen molar-refractivity contribution < 1.29 is 19.1 Å². The van der Waals surface area contributed by atoms with Gasteiger partial charge in [-0.25, -0.2) is 4.79 Å². The second-order valence-corrected chi connectivity index (χ2v) is 18.0. The monoisotopic (exact) mass is 662 g/mol. The van der Waals surface area contributed by atoms with E-state index in [1.165, 1.54) is 49.5 Å². The van der Waals surface area contributed by atoms with Gasteiger partial charge in [0.15, 0.2) is 0 Å². The minimum Gasteiger partial charge on any atom is -0.465 e. The summed E-state index contributed by atoms with van der Waals surface area (Å²) in [4.78, 5) is 26.5. The number of benzene rings is 2. The van der Waals surface area contributed by atoms with Crippen LogP contribution in [0, 0.1) is 56.7 Å². The summed E-state index contributed by atoms with van der Waals surface area (Å²) < 4.78 is 11.2. The Labute approximate surface area is 295 Å². The fraction of sp³-hybridized carbons (Fsp3) is 0.600. The highest BCUT2D eigenvalue weighted by atomic mass is 16.5. The van der Waals surface area contributed by atoms with Gasteiger partial charge in [0, 0.05) is 0 Å². The van der Waals surface area contributed by atoms with Crippen molar-refractivity contribution >= 4 is 17.5 Å². The van der Waals surface area contributed by atoms with Gasteiger partial charge in [0.1, 0.15) is 6.61 Å². The third-order valence-corrected chi connectivity index (χ3v) is 15.9. The van der Waals surface area contributed by atoms with Crippen molar-refractivity contribution in [3.63, 3.8) is 0 Å². The van der Waals surface area contributed by atoms with Gasteiger partial charge >= 0.3 is 11.9 Å². The Morgan fingerprint density at radius 3 is 2.20 bits per heavy atom. The average Bonchev–Trinajstić information content (AvgIpc) is 3.49. The molecule has 4 heteroatoms. The smallest absolute Gasteiger partial charge is 0.337 e. The van der Waals surface area contributed by atoms with Crippen LogP contribution in [0.3, 0.4) is 0 Å². The number of esters is 2. The zero-order valence-electron chi connectivity index (χ0n) is 31.1. The van der Waals surface area contributed by atoms with Gasteiger partial charge in [-0.2, -0.15) is 0 Å². The predicted octanol–water partition coefficient (Wildman–Crippen LogP) is 10.9. The molecule has 5 aliphatic rings. The Hall–Kier alpha value is -3.14. The summed E-state index contributed by atoms with van der Waals surface area (Å²) in [6.45, 7) is 19.9. The topological polar surface area (TPSA) is 52.6 Å². The first-order valence-corrected chi connectivity index (χ1v) is 19.0. The van der Waals surface area contributed by atoms with Gasteiger partial charge in [0.05, 0.1) is 18.1 Å². The summed E-state index contributed by atoms with van der Waals surface area (Å²) in [6, 6.07) is 18.2. The highest BCUT2D eigenvalue weighted by Crippen LogP contribution is 2.77. The van der Waals surface area contributed by atoms with Gasteiger partial charge in [0.2, 0.25) is 0 Å². The van der Waals surface area contributed by atoms with Crippen LogP contribution in [-0.2, 0) is 20.9 Å². The first-order valence-electron chi connectivity index (χ1n) is 19.0. The van der Waals surface area contributed by atoms with E-state index in [-0.39, 0.29) is 33.6 Å². The van der Waals surface area contributed by atoms with E-state index < -0.39 is 5.41 Å². The van der Waals surface area contributed by atoms with E-state index in [2.05, 4.69) is 78.5 Å². The first kappa shape index (κ1) is 34.3. The normalized spacial score (nSPS) is 38.9. The number of carbonyl (C=O) groups is 2. The summed E-state index contributed by atoms with van der Waals surface area (Å²) in [5, 5.41) is 0. The quantitative estimate of drug-likeness (QED) is 0.228. The minimum atomic E-state index is -0.402. The molecule has 0 bridgehead atoms. The third-order valence-electron chi connectivity index (χ3n) is 15.9. The van der Waals surface area contributed by atoms with Crippen molar-refractivity contribution in [1.29, 1.82) is 0 Å². The summed E-state index contributed by atoms with van der Waals surface area (Å²) in [5.41, 5.74) is 5.72. The van der Waals surface area contributed by atoms with Gasteiger partial charge in [-0.15, -0.1) is 0 Å². The SMILES string of the molecule is C=C(C)[C@@H]1CC[C@]2(C(=O)OCc3ccccc3)CC[C@]3(C)[C@H](CC[C@@H]4C5(C)CC=C(c6ccc(C(=O)OC)cc6)C(C)(C)[C@@H]5CC[C@]43C)[C@@H]12. The van der Waals surface area contributed by atoms with Crippen molar-refractivity contribution in [2.45, 2.75) is 106 Å². The van der Waals surface area contributed by atoms with Crippen molar-refractivity contribution in [3.8, 4) is 0 Å². The molecular weight excluding hydrogens is 604 g/mol. The van der Waals surface area contributed by atoms with E-state index >= 15 is 0 Å². The molecule has 0 aliphatic heterocycles. The number of fused-ring (bicyclic) bond motifs is 7. The zero-order chi connectivity index (χ0) is 35.0. The van der Waals surface area contributed by atoms with Crippen LogP contribution in [0.5, 0.6) is 0 Å². The van der Waals surface area contributed by atoms with E-state index in [4.69, 9.17) is 9.47 Å². The van der Waals surface area contributed by atoms with Crippen LogP contribution >= 0.6 is 0 Å². The van der Waals surface area contributed by atoms with Crippen LogP contribution in [0.2, 0.25) is 0 Å². The first-order chi connectivity index (χ1) is 23.2. The molecule has 5 aliphatic carbocycles. The molecule has 0 amide bonds. The molecule has 0 N–H and O–H groups in total. The largest absolute Gasteiger partial charge is 0.465 e. The van der Waals surface area contributed by atoms with Crippen LogP contribution < -0.4 is 0 Å². The fourth-order valence-electron chi connectivity index (χ4n) is 13.4. The highest BCUT2D eigenvalue weighted by Gasteiger charge is 2.71. The lowest BCUT2D eigenvalue weighted by Gasteiger charge is -2.72. The molecule has 2 aromatic carbocycles. The van der Waals surface area contributed by atoms with Crippen molar-refractivity contribution in [3.05, 3.63) is 89.5 Å². The van der Waals surface area contributed by atoms with Gasteiger partial charge in [-0.1, -0.05) is 95.3 Å². The molecule has 2 aromatic rings. The van der Waals surface area contributed by atoms with E-state index in [1.54, 1.807) is 0 Å². The lowest BCUT2D eigenvalue weighted by molar-refractivity contribution is -0.229. The fourth-order valence-corrected chi connectivity index (χ4v) is 13.4. The van der Waals surface area contributed by atoms with Crippen molar-refractivity contribution in [2.24, 2.45) is 56.7 Å². The molecule has 0 aromatic heterocycles. The van der Waals surface area contributed by atoms with E-state index in [0.29, 0.717) is 41.8 Å². The Bertz CT molecular complexity index is 1650. The van der Waals surface area contributed by atoms with Gasteiger partial charge in [-0.3, -0.25) is 4.79 Å². The predicted molar refractivity (Wildman–Crippen MR) is 196 cm³/mol. The zero-order valence-corrected chi connectivity index (χ0v) is 31.1. The summed E-state index contributed by atoms with van der Waals surface area (Å²) in [6.07, 6.45) is 12.5. The average molecular weight is 663 g/mol. The van der Waals surface area contributed by atoms with Gasteiger partial charge < -0.3 is 9.47 Å². The summed E-state index contributed by atoms with van der Waals surface area (Å²) in [7, 11) is 1.44. The standard InChI is InChI=1S/C45H58O4/c1-29(2)33-20-25-45(40(47)49-28-30-12-10-9-11-13-30)27-26-43(6)35(38(33)45)18-19-37-42(5)23-21-34(31-14-16-32(17-15-31)39(46)48-8)41(3,4)36(42)22-24-44(37,43)7/h9-17,21,33,35-38H,1,18-20,22-28H2,2-8H3/t33-,35+,36-,37+,38+,42?,43+,44+,45-/m0/s1. The molecule has 49 heavy (non-hydrogen) atoms. The second kappa shape index (κ2) is 12.0. The van der Waals surface area contributed by atoms with Crippen molar-refractivity contribution in [1.82, 2.24) is 0 Å². The van der Waals surface area contributed by atoms with Crippen LogP contribution in [0.25, 0.3) is 5.57 Å². The number of hydrogen-bond donors (Lipinski definition) is 0. The number of ether oxygens (including phenoxy) is 2. The summed E-state index contributed by atoms with van der Waals surface area (Å²) in [5.74, 6) is 2.13. The lowest BCUT2D eigenvalue weighted by atomic mass is 9.32. The number of allylic oxidation sites excluding steroid dienone is 3. The maximum absolute atomic E-state index is 14.3. The Kier molecular flexibility index (Phi) is 8.39. The van der Waals surface area contributed by atoms with Gasteiger partial charge in [-0.05, 0) is 145 Å². The molecule has 9 atom stereocenters. The van der Waals surface area contributed by atoms with E-state index in [1.807, 2.05) is 30.3 Å². The highest BCUT2D eigenvalue weighted by molar-refractivity contribution is 5.90. The Morgan fingerprint density at radius 1 is 0.816 bits per heavy atom. The maximum Gasteiger partial charge on any atom is 0.337 e. The Morgan fingerprint density at radius 2 is 1.53 bits per heavy atom. The molecule has 4 saturated carbocycles. The minimum absolute atomic E-state index is 0.0135. The van der Waals surface area contributed by atoms with Crippen LogP contribution in [-0.4, -0.2) is 19.0 Å². The molecule has 4 fully saturated rings. The summed E-state index contributed by atoms with van der Waals surface area (Å²) >= 11 is 0. The molecule has 7 rings (SSSR count). The molecular formula is C45H58O4. The molecule has 0 radical (unpaired) electrons. The molecule has 0 heterocycles. The van der Waals surface area contributed by atoms with Crippen LogP contribution in [0.15, 0.2) is 72.8 Å². The molecule has 262 valence electrons. The second-order valence-electron chi connectivity index (χ2n) is 18.0. The van der Waals surface area contributed by atoms with Crippen LogP contribution in [0.1, 0.15) is 121 Å². The third kappa shape index (κ3) is 4.96. The lowest BCUT2D eigenvalue weighted by Crippen LogP contribution is -2.66.